The molecule has 0 spiro atoms. The minimum absolute atomic E-state index is 0.0238. The van der Waals surface area contributed by atoms with E-state index in [9.17, 15) is 18.3 Å². The van der Waals surface area contributed by atoms with E-state index in [1.807, 2.05) is 6.92 Å². The van der Waals surface area contributed by atoms with Gasteiger partial charge in [0.2, 0.25) is 0 Å². The maximum absolute atomic E-state index is 13.7. The predicted octanol–water partition coefficient (Wildman–Crippen LogP) is 6.28. The van der Waals surface area contributed by atoms with Crippen LogP contribution >= 0.6 is 27.5 Å². The topological polar surface area (TPSA) is 108 Å². The number of benzene rings is 4. The normalized spacial score (nSPS) is 11.4. The van der Waals surface area contributed by atoms with Crippen LogP contribution in [-0.2, 0) is 16.6 Å². The Kier molecular flexibility index (Phi) is 9.14. The summed E-state index contributed by atoms with van der Waals surface area (Å²) in [5.74, 6) is -0.231. The number of ether oxygens (including phenoxy) is 1. The number of rotatable bonds is 9. The van der Waals surface area contributed by atoms with E-state index in [2.05, 4.69) is 26.5 Å². The lowest BCUT2D eigenvalue weighted by molar-refractivity contribution is 0.0955. The highest BCUT2D eigenvalue weighted by molar-refractivity contribution is 9.10. The molecule has 0 fully saturated rings. The van der Waals surface area contributed by atoms with E-state index in [1.54, 1.807) is 84.9 Å². The highest BCUT2D eigenvalue weighted by atomic mass is 79.9. The molecule has 4 aromatic carbocycles. The van der Waals surface area contributed by atoms with E-state index < -0.39 is 15.9 Å². The van der Waals surface area contributed by atoms with Crippen LogP contribution in [0.25, 0.3) is 0 Å². The highest BCUT2D eigenvalue weighted by Gasteiger charge is 2.26. The summed E-state index contributed by atoms with van der Waals surface area (Å²) in [6.07, 6.45) is 1.42. The molecule has 0 saturated carbocycles. The summed E-state index contributed by atoms with van der Waals surface area (Å²) >= 11 is 9.47. The molecule has 40 heavy (non-hydrogen) atoms. The summed E-state index contributed by atoms with van der Waals surface area (Å²) < 4.78 is 34.2. The van der Waals surface area contributed by atoms with Crippen molar-refractivity contribution < 1.29 is 23.1 Å². The van der Waals surface area contributed by atoms with Crippen LogP contribution in [0, 0.1) is 6.92 Å². The van der Waals surface area contributed by atoms with Gasteiger partial charge in [-0.25, -0.2) is 13.8 Å². The third-order valence-corrected chi connectivity index (χ3v) is 8.58. The summed E-state index contributed by atoms with van der Waals surface area (Å²) in [6, 6.07) is 23.0. The monoisotopic (exact) mass is 641 g/mol. The van der Waals surface area contributed by atoms with Crippen LogP contribution in [0.2, 0.25) is 5.02 Å². The van der Waals surface area contributed by atoms with Gasteiger partial charge in [0, 0.05) is 10.6 Å². The maximum atomic E-state index is 13.7. The molecular formula is C29H25BrClN3O5S. The number of halogens is 2. The van der Waals surface area contributed by atoms with Gasteiger partial charge in [0.25, 0.3) is 15.9 Å². The zero-order valence-electron chi connectivity index (χ0n) is 21.5. The third kappa shape index (κ3) is 6.64. The number of hydrazone groups is 1. The number of phenols is 1. The smallest absolute Gasteiger partial charge is 0.271 e. The second-order valence-electron chi connectivity index (χ2n) is 8.71. The van der Waals surface area contributed by atoms with Crippen molar-refractivity contribution in [3.63, 3.8) is 0 Å². The number of hydrogen-bond acceptors (Lipinski definition) is 6. The van der Waals surface area contributed by atoms with E-state index in [1.165, 1.54) is 17.6 Å². The SMILES string of the molecule is COc1cc(/C=N\NC(=O)c2ccc(CN(c3cc(Cl)ccc3C)S(=O)(=O)c3ccccc3)cc2)cc(Br)c1O. The predicted molar refractivity (Wildman–Crippen MR) is 160 cm³/mol. The molecule has 4 aromatic rings. The van der Waals surface area contributed by atoms with Crippen molar-refractivity contribution in [2.45, 2.75) is 18.4 Å². The van der Waals surface area contributed by atoms with Crippen molar-refractivity contribution in [2.24, 2.45) is 5.10 Å². The summed E-state index contributed by atoms with van der Waals surface area (Å²) in [4.78, 5) is 12.8. The van der Waals surface area contributed by atoms with E-state index in [-0.39, 0.29) is 22.9 Å². The number of carbonyl (C=O) groups is 1. The average Bonchev–Trinajstić information content (AvgIpc) is 2.95. The van der Waals surface area contributed by atoms with Crippen LogP contribution < -0.4 is 14.5 Å². The molecule has 206 valence electrons. The summed E-state index contributed by atoms with van der Waals surface area (Å²) in [5, 5.41) is 14.3. The minimum atomic E-state index is -3.92. The molecule has 0 aliphatic heterocycles. The van der Waals surface area contributed by atoms with Crippen molar-refractivity contribution in [3.05, 3.63) is 117 Å². The molecule has 8 nitrogen and oxygen atoms in total. The first-order chi connectivity index (χ1) is 19.1. The Morgan fingerprint density at radius 2 is 1.77 bits per heavy atom. The fraction of sp³-hybridized carbons (Fsp3) is 0.103. The number of anilines is 1. The number of phenolic OH excluding ortho intramolecular Hbond substituents is 1. The van der Waals surface area contributed by atoms with Gasteiger partial charge in [-0.1, -0.05) is 48.0 Å². The Morgan fingerprint density at radius 3 is 2.45 bits per heavy atom. The Bertz CT molecular complexity index is 1660. The number of sulfonamides is 1. The number of aromatic hydroxyl groups is 1. The van der Waals surface area contributed by atoms with Gasteiger partial charge in [-0.2, -0.15) is 5.10 Å². The second-order valence-corrected chi connectivity index (χ2v) is 11.9. The Labute approximate surface area is 246 Å². The van der Waals surface area contributed by atoms with Crippen LogP contribution in [0.5, 0.6) is 11.5 Å². The Hall–Kier alpha value is -3.86. The molecule has 0 aliphatic rings. The van der Waals surface area contributed by atoms with Gasteiger partial charge in [-0.05, 0) is 88.1 Å². The van der Waals surface area contributed by atoms with E-state index in [0.29, 0.717) is 31.9 Å². The van der Waals surface area contributed by atoms with E-state index >= 15 is 0 Å². The van der Waals surface area contributed by atoms with Crippen LogP contribution in [0.1, 0.15) is 27.0 Å². The number of nitrogens with zero attached hydrogens (tertiary/aromatic N) is 2. The van der Waals surface area contributed by atoms with Crippen LogP contribution in [0.15, 0.2) is 99.4 Å². The largest absolute Gasteiger partial charge is 0.503 e. The Balaban J connectivity index is 1.54. The van der Waals surface area contributed by atoms with E-state index in [0.717, 1.165) is 5.56 Å². The molecule has 0 radical (unpaired) electrons. The quantitative estimate of drug-likeness (QED) is 0.165. The number of hydrogen-bond donors (Lipinski definition) is 2. The fourth-order valence-corrected chi connectivity index (χ4v) is 6.01. The standard InChI is InChI=1S/C29H25BrClN3O5S/c1-19-8-13-23(31)16-26(19)34(40(37,38)24-6-4-3-5-7-24)18-20-9-11-22(12-10-20)29(36)33-32-17-21-14-25(30)28(35)27(15-21)39-2/h3-17,35H,18H2,1-2H3,(H,33,36)/b32-17-. The number of amides is 1. The van der Waals surface area contributed by atoms with Crippen molar-refractivity contribution in [1.82, 2.24) is 5.43 Å². The number of methoxy groups -OCH3 is 1. The molecule has 0 bridgehead atoms. The van der Waals surface area contributed by atoms with Gasteiger partial charge >= 0.3 is 0 Å². The van der Waals surface area contributed by atoms with E-state index in [4.69, 9.17) is 16.3 Å². The Morgan fingerprint density at radius 1 is 1.07 bits per heavy atom. The molecule has 0 saturated heterocycles. The molecule has 2 N–H and O–H groups in total. The van der Waals surface area contributed by atoms with Gasteiger partial charge in [-0.3, -0.25) is 9.10 Å². The first kappa shape index (κ1) is 29.1. The summed E-state index contributed by atoms with van der Waals surface area (Å²) in [5.41, 5.74) is 5.26. The molecule has 0 atom stereocenters. The minimum Gasteiger partial charge on any atom is -0.503 e. The van der Waals surface area contributed by atoms with Crippen molar-refractivity contribution in [3.8, 4) is 11.5 Å². The van der Waals surface area contributed by atoms with Crippen LogP contribution in [-0.4, -0.2) is 32.8 Å². The molecule has 1 amide bonds. The maximum Gasteiger partial charge on any atom is 0.271 e. The van der Waals surface area contributed by atoms with Crippen LogP contribution in [0.3, 0.4) is 0 Å². The molecule has 0 unspecified atom stereocenters. The zero-order chi connectivity index (χ0) is 28.9. The number of aryl methyl sites for hydroxylation is 1. The van der Waals surface area contributed by atoms with Crippen molar-refractivity contribution in [2.75, 3.05) is 11.4 Å². The third-order valence-electron chi connectivity index (χ3n) is 5.96. The van der Waals surface area contributed by atoms with Crippen molar-refractivity contribution in [1.29, 1.82) is 0 Å². The first-order valence-corrected chi connectivity index (χ1v) is 14.5. The molecular weight excluding hydrogens is 618 g/mol. The van der Waals surface area contributed by atoms with Crippen molar-refractivity contribution >= 4 is 55.4 Å². The van der Waals surface area contributed by atoms with Crippen LogP contribution in [0.4, 0.5) is 5.69 Å². The molecule has 0 aliphatic carbocycles. The molecule has 11 heteroatoms. The van der Waals surface area contributed by atoms with Gasteiger partial charge in [0.05, 0.1) is 34.9 Å². The molecule has 0 heterocycles. The fourth-order valence-electron chi connectivity index (χ4n) is 3.85. The lowest BCUT2D eigenvalue weighted by Crippen LogP contribution is -2.31. The van der Waals surface area contributed by atoms with Gasteiger partial charge < -0.3 is 9.84 Å². The summed E-state index contributed by atoms with van der Waals surface area (Å²) in [7, 11) is -2.49. The average molecular weight is 643 g/mol. The number of nitrogens with one attached hydrogen (secondary N) is 1. The lowest BCUT2D eigenvalue weighted by atomic mass is 10.1. The molecule has 0 aromatic heterocycles. The van der Waals surface area contributed by atoms with Gasteiger partial charge in [0.15, 0.2) is 11.5 Å². The summed E-state index contributed by atoms with van der Waals surface area (Å²) in [6.45, 7) is 1.84. The highest BCUT2D eigenvalue weighted by Crippen LogP contribution is 2.35. The van der Waals surface area contributed by atoms with Gasteiger partial charge in [0.1, 0.15) is 0 Å². The molecule has 4 rings (SSSR count). The lowest BCUT2D eigenvalue weighted by Gasteiger charge is -2.26. The zero-order valence-corrected chi connectivity index (χ0v) is 24.7. The van der Waals surface area contributed by atoms with Gasteiger partial charge in [-0.15, -0.1) is 0 Å². The second kappa shape index (κ2) is 12.5. The number of carbonyl (C=O) groups excluding carboxylic acids is 1. The first-order valence-electron chi connectivity index (χ1n) is 11.9.